The lowest BCUT2D eigenvalue weighted by atomic mass is 9.94. The summed E-state index contributed by atoms with van der Waals surface area (Å²) >= 11 is 0. The molecule has 4 atom stereocenters. The lowest BCUT2D eigenvalue weighted by molar-refractivity contribution is -0.202. The van der Waals surface area contributed by atoms with Gasteiger partial charge < -0.3 is 15.2 Å². The average Bonchev–Trinajstić information content (AvgIpc) is 2.69. The molecule has 0 bridgehead atoms. The van der Waals surface area contributed by atoms with Crippen molar-refractivity contribution >= 4 is 0 Å². The third-order valence-electron chi connectivity index (χ3n) is 4.27. The van der Waals surface area contributed by atoms with E-state index in [0.717, 1.165) is 19.3 Å². The first kappa shape index (κ1) is 10.1. The molecule has 0 aromatic rings. The van der Waals surface area contributed by atoms with Crippen molar-refractivity contribution in [3.8, 4) is 0 Å². The van der Waals surface area contributed by atoms with Gasteiger partial charge in [-0.2, -0.15) is 0 Å². The van der Waals surface area contributed by atoms with Crippen molar-refractivity contribution < 1.29 is 9.47 Å². The third kappa shape index (κ3) is 1.52. The van der Waals surface area contributed by atoms with E-state index in [1.54, 1.807) is 0 Å². The molecule has 3 aliphatic rings. The molecule has 3 heteroatoms. The van der Waals surface area contributed by atoms with Crippen LogP contribution in [0.4, 0.5) is 0 Å². The van der Waals surface area contributed by atoms with Crippen molar-refractivity contribution in [1.29, 1.82) is 0 Å². The first-order valence-electron chi connectivity index (χ1n) is 6.31. The lowest BCUT2D eigenvalue weighted by Crippen LogP contribution is -2.38. The summed E-state index contributed by atoms with van der Waals surface area (Å²) in [6, 6.07) is 0.186. The van der Waals surface area contributed by atoms with E-state index in [1.165, 1.54) is 19.3 Å². The molecule has 0 aromatic heterocycles. The SMILES string of the molecule is C[C@H]1C[C@@H](N)C2OC3(CCCCC3)O[C@H]21. The van der Waals surface area contributed by atoms with Crippen molar-refractivity contribution in [1.82, 2.24) is 0 Å². The molecule has 3 fully saturated rings. The highest BCUT2D eigenvalue weighted by molar-refractivity contribution is 5.00. The predicted octanol–water partition coefficient (Wildman–Crippen LogP) is 1.80. The van der Waals surface area contributed by atoms with Gasteiger partial charge >= 0.3 is 0 Å². The van der Waals surface area contributed by atoms with Gasteiger partial charge in [0.25, 0.3) is 0 Å². The summed E-state index contributed by atoms with van der Waals surface area (Å²) in [4.78, 5) is 0. The summed E-state index contributed by atoms with van der Waals surface area (Å²) in [5.41, 5.74) is 6.10. The Hall–Kier alpha value is -0.120. The van der Waals surface area contributed by atoms with Crippen LogP contribution in [0.1, 0.15) is 45.4 Å². The van der Waals surface area contributed by atoms with E-state index < -0.39 is 0 Å². The average molecular weight is 211 g/mol. The number of nitrogens with two attached hydrogens (primary N) is 1. The molecule has 1 spiro atoms. The fourth-order valence-corrected chi connectivity index (χ4v) is 3.45. The molecule has 3 nitrogen and oxygen atoms in total. The van der Waals surface area contributed by atoms with Crippen LogP contribution in [0, 0.1) is 5.92 Å². The Morgan fingerprint density at radius 1 is 1.07 bits per heavy atom. The highest BCUT2D eigenvalue weighted by Gasteiger charge is 2.54. The molecule has 1 aliphatic heterocycles. The maximum atomic E-state index is 6.19. The summed E-state index contributed by atoms with van der Waals surface area (Å²) in [6.07, 6.45) is 7.41. The van der Waals surface area contributed by atoms with Gasteiger partial charge in [-0.05, 0) is 25.2 Å². The van der Waals surface area contributed by atoms with E-state index in [-0.39, 0.29) is 24.0 Å². The number of ether oxygens (including phenoxy) is 2. The van der Waals surface area contributed by atoms with Crippen molar-refractivity contribution in [2.75, 3.05) is 0 Å². The molecule has 0 amide bonds. The smallest absolute Gasteiger partial charge is 0.169 e. The van der Waals surface area contributed by atoms with Gasteiger partial charge in [0.15, 0.2) is 5.79 Å². The predicted molar refractivity (Wildman–Crippen MR) is 57.3 cm³/mol. The number of hydrogen-bond acceptors (Lipinski definition) is 3. The summed E-state index contributed by atoms with van der Waals surface area (Å²) in [5.74, 6) is 0.311. The molecular formula is C12H21NO2. The molecule has 15 heavy (non-hydrogen) atoms. The Morgan fingerprint density at radius 3 is 2.40 bits per heavy atom. The van der Waals surface area contributed by atoms with Crippen LogP contribution >= 0.6 is 0 Å². The van der Waals surface area contributed by atoms with Gasteiger partial charge in [-0.15, -0.1) is 0 Å². The van der Waals surface area contributed by atoms with E-state index in [1.807, 2.05) is 0 Å². The minimum atomic E-state index is -0.250. The molecular weight excluding hydrogens is 190 g/mol. The minimum Gasteiger partial charge on any atom is -0.344 e. The van der Waals surface area contributed by atoms with E-state index in [0.29, 0.717) is 5.92 Å². The standard InChI is InChI=1S/C12H21NO2/c1-8-7-9(13)11-10(8)14-12(15-11)5-3-2-4-6-12/h8-11H,2-7,13H2,1H3/t8-,9+,10-,11?/m0/s1. The molecule has 86 valence electrons. The number of rotatable bonds is 0. The number of fused-ring (bicyclic) bond motifs is 1. The van der Waals surface area contributed by atoms with Crippen molar-refractivity contribution in [2.45, 2.75) is 69.5 Å². The van der Waals surface area contributed by atoms with Crippen LogP contribution < -0.4 is 5.73 Å². The van der Waals surface area contributed by atoms with Gasteiger partial charge in [0, 0.05) is 18.9 Å². The summed E-state index contributed by atoms with van der Waals surface area (Å²) < 4.78 is 12.3. The third-order valence-corrected chi connectivity index (χ3v) is 4.27. The van der Waals surface area contributed by atoms with Crippen LogP contribution in [-0.2, 0) is 9.47 Å². The van der Waals surface area contributed by atoms with E-state index in [9.17, 15) is 0 Å². The van der Waals surface area contributed by atoms with Crippen molar-refractivity contribution in [2.24, 2.45) is 11.7 Å². The molecule has 1 heterocycles. The first-order valence-corrected chi connectivity index (χ1v) is 6.31. The fourth-order valence-electron chi connectivity index (χ4n) is 3.45. The Kier molecular flexibility index (Phi) is 2.31. The van der Waals surface area contributed by atoms with Gasteiger partial charge in [-0.3, -0.25) is 0 Å². The van der Waals surface area contributed by atoms with Gasteiger partial charge in [0.1, 0.15) is 6.10 Å². The van der Waals surface area contributed by atoms with E-state index >= 15 is 0 Å². The molecule has 0 aromatic carbocycles. The molecule has 1 unspecified atom stereocenters. The molecule has 3 rings (SSSR count). The maximum Gasteiger partial charge on any atom is 0.169 e. The largest absolute Gasteiger partial charge is 0.344 e. The van der Waals surface area contributed by atoms with Gasteiger partial charge in [0.2, 0.25) is 0 Å². The van der Waals surface area contributed by atoms with Crippen LogP contribution in [0.2, 0.25) is 0 Å². The van der Waals surface area contributed by atoms with Gasteiger partial charge in [-0.1, -0.05) is 13.3 Å². The minimum absolute atomic E-state index is 0.165. The summed E-state index contributed by atoms with van der Waals surface area (Å²) in [7, 11) is 0. The van der Waals surface area contributed by atoms with Crippen LogP contribution in [0.25, 0.3) is 0 Å². The second-order valence-electron chi connectivity index (χ2n) is 5.51. The van der Waals surface area contributed by atoms with Crippen LogP contribution in [0.15, 0.2) is 0 Å². The van der Waals surface area contributed by atoms with E-state index in [2.05, 4.69) is 6.92 Å². The summed E-state index contributed by atoms with van der Waals surface area (Å²) in [5, 5.41) is 0. The Bertz CT molecular complexity index is 232. The maximum absolute atomic E-state index is 6.19. The highest BCUT2D eigenvalue weighted by Crippen LogP contribution is 2.46. The molecule has 2 aliphatic carbocycles. The van der Waals surface area contributed by atoms with Crippen molar-refractivity contribution in [3.63, 3.8) is 0 Å². The quantitative estimate of drug-likeness (QED) is 0.664. The lowest BCUT2D eigenvalue weighted by Gasteiger charge is -2.33. The summed E-state index contributed by atoms with van der Waals surface area (Å²) in [6.45, 7) is 2.23. The van der Waals surface area contributed by atoms with Crippen LogP contribution in [-0.4, -0.2) is 24.0 Å². The second kappa shape index (κ2) is 3.44. The van der Waals surface area contributed by atoms with Crippen molar-refractivity contribution in [3.05, 3.63) is 0 Å². The molecule has 1 saturated heterocycles. The Morgan fingerprint density at radius 2 is 1.73 bits per heavy atom. The van der Waals surface area contributed by atoms with Gasteiger partial charge in [-0.25, -0.2) is 0 Å². The Balaban J connectivity index is 1.77. The van der Waals surface area contributed by atoms with Crippen LogP contribution in [0.3, 0.4) is 0 Å². The zero-order chi connectivity index (χ0) is 10.5. The normalized spacial score (nSPS) is 48.4. The zero-order valence-corrected chi connectivity index (χ0v) is 9.45. The monoisotopic (exact) mass is 211 g/mol. The highest BCUT2D eigenvalue weighted by atomic mass is 16.8. The fraction of sp³-hybridized carbons (Fsp3) is 1.00. The number of hydrogen-bond donors (Lipinski definition) is 1. The van der Waals surface area contributed by atoms with Crippen LogP contribution in [0.5, 0.6) is 0 Å². The topological polar surface area (TPSA) is 44.5 Å². The molecule has 0 radical (unpaired) electrons. The molecule has 2 saturated carbocycles. The molecule has 2 N–H and O–H groups in total. The van der Waals surface area contributed by atoms with Gasteiger partial charge in [0.05, 0.1) is 6.10 Å². The Labute approximate surface area is 91.3 Å². The zero-order valence-electron chi connectivity index (χ0n) is 9.45. The second-order valence-corrected chi connectivity index (χ2v) is 5.51. The first-order chi connectivity index (χ1) is 7.20. The van der Waals surface area contributed by atoms with E-state index in [4.69, 9.17) is 15.2 Å².